The molecule has 25 heavy (non-hydrogen) atoms. The lowest BCUT2D eigenvalue weighted by atomic mass is 10.1. The first-order valence-corrected chi connectivity index (χ1v) is 10.9. The van der Waals surface area contributed by atoms with Gasteiger partial charge in [-0.15, -0.1) is 0 Å². The van der Waals surface area contributed by atoms with E-state index in [0.717, 1.165) is 0 Å². The fourth-order valence-electron chi connectivity index (χ4n) is 5.19. The zero-order chi connectivity index (χ0) is 16.4. The van der Waals surface area contributed by atoms with Crippen molar-refractivity contribution in [2.24, 2.45) is 0 Å². The van der Waals surface area contributed by atoms with Crippen LogP contribution in [0.3, 0.4) is 0 Å². The SMILES string of the molecule is CCCC[N+]1(CCCCC[N+]2(CCCC)CCCC2)CCCC1.[F-].[F-]. The molecule has 4 heteroatoms. The van der Waals surface area contributed by atoms with E-state index in [0.29, 0.717) is 0 Å². The minimum atomic E-state index is 0. The highest BCUT2D eigenvalue weighted by Crippen LogP contribution is 2.24. The number of nitrogens with zero attached hydrogens (tertiary/aromatic N) is 2. The summed E-state index contributed by atoms with van der Waals surface area (Å²) in [5.41, 5.74) is 0. The Hall–Kier alpha value is -0.220. The van der Waals surface area contributed by atoms with Crippen LogP contribution < -0.4 is 9.41 Å². The Morgan fingerprint density at radius 1 is 0.480 bits per heavy atom. The van der Waals surface area contributed by atoms with Crippen molar-refractivity contribution in [1.82, 2.24) is 0 Å². The van der Waals surface area contributed by atoms with E-state index in [-0.39, 0.29) is 9.41 Å². The fourth-order valence-corrected chi connectivity index (χ4v) is 5.19. The Labute approximate surface area is 155 Å². The van der Waals surface area contributed by atoms with Crippen LogP contribution in [-0.2, 0) is 0 Å². The summed E-state index contributed by atoms with van der Waals surface area (Å²) in [6.45, 7) is 16.5. The van der Waals surface area contributed by atoms with Crippen LogP contribution in [0.5, 0.6) is 0 Å². The molecule has 0 atom stereocenters. The minimum absolute atomic E-state index is 0. The monoisotopic (exact) mass is 362 g/mol. The highest BCUT2D eigenvalue weighted by atomic mass is 19.0. The van der Waals surface area contributed by atoms with Crippen LogP contribution in [0.2, 0.25) is 0 Å². The first-order valence-electron chi connectivity index (χ1n) is 10.9. The molecule has 0 aromatic heterocycles. The van der Waals surface area contributed by atoms with Gasteiger partial charge in [-0.2, -0.15) is 0 Å². The van der Waals surface area contributed by atoms with Crippen LogP contribution in [0.4, 0.5) is 0 Å². The third-order valence-electron chi connectivity index (χ3n) is 6.77. The van der Waals surface area contributed by atoms with Gasteiger partial charge in [-0.1, -0.05) is 26.7 Å². The van der Waals surface area contributed by atoms with Gasteiger partial charge in [0.1, 0.15) is 0 Å². The lowest BCUT2D eigenvalue weighted by Gasteiger charge is -2.36. The molecule has 2 aliphatic heterocycles. The standard InChI is InChI=1S/C21H44N2.2FH/c1-3-5-14-22(18-10-11-19-22)16-8-7-9-17-23(15-6-4-2)20-12-13-21-23;;/h3-21H2,1-2H3;2*1H/q+2;;/p-2. The predicted molar refractivity (Wildman–Crippen MR) is 102 cm³/mol. The summed E-state index contributed by atoms with van der Waals surface area (Å²) in [7, 11) is 0. The highest BCUT2D eigenvalue weighted by molar-refractivity contribution is 4.58. The molecular formula is C21H44F2N2. The molecule has 0 aliphatic carbocycles. The van der Waals surface area contributed by atoms with Crippen molar-refractivity contribution in [3.05, 3.63) is 0 Å². The van der Waals surface area contributed by atoms with Crippen molar-refractivity contribution in [3.8, 4) is 0 Å². The molecule has 0 spiro atoms. The van der Waals surface area contributed by atoms with Crippen molar-refractivity contribution >= 4 is 0 Å². The van der Waals surface area contributed by atoms with E-state index in [2.05, 4.69) is 13.8 Å². The molecule has 2 aliphatic rings. The van der Waals surface area contributed by atoms with Gasteiger partial charge in [-0.05, 0) is 32.1 Å². The average Bonchev–Trinajstić information content (AvgIpc) is 3.22. The van der Waals surface area contributed by atoms with E-state index in [1.54, 1.807) is 0 Å². The summed E-state index contributed by atoms with van der Waals surface area (Å²) in [5, 5.41) is 0. The molecule has 2 nitrogen and oxygen atoms in total. The first-order chi connectivity index (χ1) is 11.2. The predicted octanol–water partition coefficient (Wildman–Crippen LogP) is -1.01. The Balaban J connectivity index is 0.00000288. The molecule has 2 saturated heterocycles. The number of unbranched alkanes of at least 4 members (excludes halogenated alkanes) is 4. The summed E-state index contributed by atoms with van der Waals surface area (Å²) in [4.78, 5) is 0. The molecular weight excluding hydrogens is 318 g/mol. The molecule has 0 aromatic rings. The first kappa shape index (κ1) is 24.8. The quantitative estimate of drug-likeness (QED) is 0.308. The molecule has 0 N–H and O–H groups in total. The molecule has 0 amide bonds. The molecule has 152 valence electrons. The van der Waals surface area contributed by atoms with Crippen molar-refractivity contribution in [2.45, 2.75) is 84.5 Å². The topological polar surface area (TPSA) is 0 Å². The van der Waals surface area contributed by atoms with Crippen LogP contribution in [0.1, 0.15) is 84.5 Å². The Morgan fingerprint density at radius 2 is 0.800 bits per heavy atom. The second kappa shape index (κ2) is 13.0. The minimum Gasteiger partial charge on any atom is -1.00 e. The maximum absolute atomic E-state index is 2.35. The van der Waals surface area contributed by atoms with Crippen LogP contribution in [0.25, 0.3) is 0 Å². The Kier molecular flexibility index (Phi) is 12.9. The van der Waals surface area contributed by atoms with Gasteiger partial charge in [0, 0.05) is 25.7 Å². The van der Waals surface area contributed by atoms with Crippen LogP contribution in [0, 0.1) is 0 Å². The van der Waals surface area contributed by atoms with Crippen LogP contribution in [-0.4, -0.2) is 61.3 Å². The molecule has 0 bridgehead atoms. The van der Waals surface area contributed by atoms with Crippen molar-refractivity contribution in [1.29, 1.82) is 0 Å². The van der Waals surface area contributed by atoms with Gasteiger partial charge in [0.15, 0.2) is 0 Å². The van der Waals surface area contributed by atoms with Crippen molar-refractivity contribution < 1.29 is 18.4 Å². The van der Waals surface area contributed by atoms with Crippen molar-refractivity contribution in [2.75, 3.05) is 52.4 Å². The second-order valence-corrected chi connectivity index (χ2v) is 8.65. The molecule has 2 fully saturated rings. The van der Waals surface area contributed by atoms with E-state index in [4.69, 9.17) is 0 Å². The summed E-state index contributed by atoms with van der Waals surface area (Å²) in [6.07, 6.45) is 16.0. The lowest BCUT2D eigenvalue weighted by molar-refractivity contribution is -0.919. The molecule has 2 heterocycles. The average molecular weight is 363 g/mol. The molecule has 0 saturated carbocycles. The number of hydrogen-bond donors (Lipinski definition) is 0. The highest BCUT2D eigenvalue weighted by Gasteiger charge is 2.32. The third kappa shape index (κ3) is 7.90. The number of quaternary nitrogens is 2. The van der Waals surface area contributed by atoms with Gasteiger partial charge < -0.3 is 18.4 Å². The number of rotatable bonds is 12. The van der Waals surface area contributed by atoms with E-state index < -0.39 is 0 Å². The maximum atomic E-state index is 2.35. The molecule has 0 aromatic carbocycles. The lowest BCUT2D eigenvalue weighted by Crippen LogP contribution is -3.00. The van der Waals surface area contributed by atoms with Gasteiger partial charge in [-0.25, -0.2) is 0 Å². The van der Waals surface area contributed by atoms with Gasteiger partial charge in [-0.3, -0.25) is 0 Å². The number of halogens is 2. The molecule has 0 unspecified atom stereocenters. The summed E-state index contributed by atoms with van der Waals surface area (Å²) in [6, 6.07) is 0. The fraction of sp³-hybridized carbons (Fsp3) is 1.00. The second-order valence-electron chi connectivity index (χ2n) is 8.65. The largest absolute Gasteiger partial charge is 1.00 e. The van der Waals surface area contributed by atoms with Gasteiger partial charge >= 0.3 is 0 Å². The normalized spacial score (nSPS) is 20.9. The maximum Gasteiger partial charge on any atom is 0.0788 e. The van der Waals surface area contributed by atoms with E-state index in [9.17, 15) is 0 Å². The zero-order valence-electron chi connectivity index (χ0n) is 17.1. The van der Waals surface area contributed by atoms with E-state index in [1.807, 2.05) is 0 Å². The smallest absolute Gasteiger partial charge is 0.0788 e. The Bertz CT molecular complexity index is 281. The Morgan fingerprint density at radius 3 is 1.12 bits per heavy atom. The van der Waals surface area contributed by atoms with Gasteiger partial charge in [0.05, 0.1) is 52.4 Å². The molecule has 2 rings (SSSR count). The summed E-state index contributed by atoms with van der Waals surface area (Å²) >= 11 is 0. The zero-order valence-corrected chi connectivity index (χ0v) is 17.1. The molecule has 0 radical (unpaired) electrons. The van der Waals surface area contributed by atoms with Gasteiger partial charge in [0.25, 0.3) is 0 Å². The third-order valence-corrected chi connectivity index (χ3v) is 6.77. The van der Waals surface area contributed by atoms with Crippen LogP contribution in [0.15, 0.2) is 0 Å². The number of hydrogen-bond acceptors (Lipinski definition) is 0. The van der Waals surface area contributed by atoms with E-state index >= 15 is 0 Å². The number of likely N-dealkylation sites (tertiary alicyclic amines) is 2. The van der Waals surface area contributed by atoms with Crippen molar-refractivity contribution in [3.63, 3.8) is 0 Å². The van der Waals surface area contributed by atoms with Gasteiger partial charge in [0.2, 0.25) is 0 Å². The summed E-state index contributed by atoms with van der Waals surface area (Å²) in [5.74, 6) is 0. The van der Waals surface area contributed by atoms with Crippen LogP contribution >= 0.6 is 0 Å². The van der Waals surface area contributed by atoms with E-state index in [1.165, 1.54) is 132 Å². The summed E-state index contributed by atoms with van der Waals surface area (Å²) < 4.78 is 2.95.